The molecule has 0 saturated heterocycles. The molecular formula is C21H32N2O2. The maximum Gasteiger partial charge on any atom is 0.227 e. The van der Waals surface area contributed by atoms with Crippen molar-refractivity contribution >= 4 is 5.91 Å². The minimum atomic E-state index is -0.200. The van der Waals surface area contributed by atoms with E-state index in [9.17, 15) is 4.79 Å². The summed E-state index contributed by atoms with van der Waals surface area (Å²) in [6.07, 6.45) is 9.36. The maximum absolute atomic E-state index is 13.0. The van der Waals surface area contributed by atoms with Crippen LogP contribution in [0.3, 0.4) is 0 Å². The highest BCUT2D eigenvalue weighted by Gasteiger charge is 2.54. The van der Waals surface area contributed by atoms with Crippen molar-refractivity contribution < 1.29 is 9.32 Å². The highest BCUT2D eigenvalue weighted by molar-refractivity contribution is 5.84. The first-order valence-corrected chi connectivity index (χ1v) is 10.1. The second kappa shape index (κ2) is 6.14. The van der Waals surface area contributed by atoms with Crippen LogP contribution in [-0.4, -0.2) is 17.1 Å². The number of carbonyl (C=O) groups is 1. The number of rotatable bonds is 5. The number of hydrogen-bond acceptors (Lipinski definition) is 3. The first kappa shape index (κ1) is 17.1. The largest absolute Gasteiger partial charge is 0.361 e. The van der Waals surface area contributed by atoms with Crippen molar-refractivity contribution in [1.82, 2.24) is 10.5 Å². The van der Waals surface area contributed by atoms with E-state index < -0.39 is 0 Å². The number of aryl methyl sites for hydroxylation is 2. The quantitative estimate of drug-likeness (QED) is 0.855. The zero-order chi connectivity index (χ0) is 17.8. The Kier molecular flexibility index (Phi) is 4.20. The van der Waals surface area contributed by atoms with Crippen LogP contribution in [0, 0.1) is 37.0 Å². The molecule has 1 aromatic heterocycles. The molecule has 4 aliphatic carbocycles. The first-order valence-electron chi connectivity index (χ1n) is 10.1. The minimum absolute atomic E-state index is 0.136. The van der Waals surface area contributed by atoms with E-state index in [2.05, 4.69) is 17.4 Å². The van der Waals surface area contributed by atoms with Gasteiger partial charge in [0.05, 0.1) is 11.6 Å². The number of carbonyl (C=O) groups excluding carboxylic acids is 1. The normalized spacial score (nSPS) is 35.6. The monoisotopic (exact) mass is 344 g/mol. The molecule has 1 amide bonds. The molecule has 2 atom stereocenters. The lowest BCUT2D eigenvalue weighted by Crippen LogP contribution is -2.57. The Morgan fingerprint density at radius 1 is 1.20 bits per heavy atom. The Bertz CT molecular complexity index is 608. The van der Waals surface area contributed by atoms with Gasteiger partial charge in [-0.15, -0.1) is 0 Å². The molecule has 1 aromatic rings. The fraction of sp³-hybridized carbons (Fsp3) is 0.810. The van der Waals surface area contributed by atoms with Gasteiger partial charge in [0.2, 0.25) is 5.91 Å². The Morgan fingerprint density at radius 2 is 1.76 bits per heavy atom. The summed E-state index contributed by atoms with van der Waals surface area (Å²) in [5.74, 6) is 3.45. The number of nitrogens with zero attached hydrogens (tertiary/aromatic N) is 1. The van der Waals surface area contributed by atoms with Gasteiger partial charge in [0, 0.05) is 11.6 Å². The number of hydrogen-bond donors (Lipinski definition) is 1. The maximum atomic E-state index is 13.0. The van der Waals surface area contributed by atoms with Crippen molar-refractivity contribution in [3.63, 3.8) is 0 Å². The Labute approximate surface area is 151 Å². The van der Waals surface area contributed by atoms with Crippen molar-refractivity contribution in [2.75, 3.05) is 0 Å². The van der Waals surface area contributed by atoms with Crippen molar-refractivity contribution in [3.8, 4) is 0 Å². The van der Waals surface area contributed by atoms with Crippen LogP contribution in [0.5, 0.6) is 0 Å². The zero-order valence-corrected chi connectivity index (χ0v) is 16.1. The van der Waals surface area contributed by atoms with E-state index >= 15 is 0 Å². The topological polar surface area (TPSA) is 55.1 Å². The van der Waals surface area contributed by atoms with Crippen molar-refractivity contribution in [1.29, 1.82) is 0 Å². The molecule has 0 spiro atoms. The summed E-state index contributed by atoms with van der Waals surface area (Å²) < 4.78 is 5.27. The fourth-order valence-electron chi connectivity index (χ4n) is 6.83. The summed E-state index contributed by atoms with van der Waals surface area (Å²) in [5.41, 5.74) is 2.15. The van der Waals surface area contributed by atoms with Crippen LogP contribution < -0.4 is 5.32 Å². The smallest absolute Gasteiger partial charge is 0.227 e. The molecule has 0 unspecified atom stereocenters. The zero-order valence-electron chi connectivity index (χ0n) is 16.1. The third kappa shape index (κ3) is 2.82. The second-order valence-corrected chi connectivity index (χ2v) is 9.21. The van der Waals surface area contributed by atoms with Gasteiger partial charge in [-0.2, -0.15) is 0 Å². The van der Waals surface area contributed by atoms with Crippen LogP contribution in [0.2, 0.25) is 0 Å². The van der Waals surface area contributed by atoms with E-state index in [4.69, 9.17) is 4.52 Å². The summed E-state index contributed by atoms with van der Waals surface area (Å²) in [6, 6.07) is 0.316. The molecule has 138 valence electrons. The third-order valence-electron chi connectivity index (χ3n) is 7.46. The molecule has 0 aliphatic heterocycles. The molecule has 1 N–H and O–H groups in total. The minimum Gasteiger partial charge on any atom is -0.361 e. The van der Waals surface area contributed by atoms with Gasteiger partial charge in [-0.1, -0.05) is 12.1 Å². The van der Waals surface area contributed by atoms with Gasteiger partial charge in [0.1, 0.15) is 5.76 Å². The average molecular weight is 344 g/mol. The van der Waals surface area contributed by atoms with Crippen molar-refractivity contribution in [3.05, 3.63) is 17.0 Å². The summed E-state index contributed by atoms with van der Waals surface area (Å²) in [4.78, 5) is 13.0. The number of nitrogens with one attached hydrogen (secondary N) is 1. The molecule has 1 heterocycles. The molecule has 5 rings (SSSR count). The van der Waals surface area contributed by atoms with Crippen LogP contribution in [-0.2, 0) is 4.79 Å². The Morgan fingerprint density at radius 3 is 2.20 bits per heavy atom. The highest BCUT2D eigenvalue weighted by atomic mass is 16.5. The summed E-state index contributed by atoms with van der Waals surface area (Å²) in [7, 11) is 0. The SMILES string of the molecule is CC[C@H](NC(=O)[C@@H](C)c1c(C)noc1C)C12CC3CC(CC(C3)C1)C2. The van der Waals surface area contributed by atoms with Gasteiger partial charge < -0.3 is 9.84 Å². The van der Waals surface area contributed by atoms with Crippen LogP contribution in [0.15, 0.2) is 4.52 Å². The van der Waals surface area contributed by atoms with Crippen LogP contribution >= 0.6 is 0 Å². The average Bonchev–Trinajstić information content (AvgIpc) is 2.89. The van der Waals surface area contributed by atoms with E-state index in [0.717, 1.165) is 41.2 Å². The molecule has 4 aliphatic rings. The molecule has 4 saturated carbocycles. The first-order chi connectivity index (χ1) is 11.9. The van der Waals surface area contributed by atoms with Gasteiger partial charge in [0.25, 0.3) is 0 Å². The molecule has 4 fully saturated rings. The van der Waals surface area contributed by atoms with Gasteiger partial charge in [-0.05, 0) is 88.9 Å². The number of amides is 1. The summed E-state index contributed by atoms with van der Waals surface area (Å²) >= 11 is 0. The fourth-order valence-corrected chi connectivity index (χ4v) is 6.83. The lowest BCUT2D eigenvalue weighted by Gasteiger charge is -2.59. The van der Waals surface area contributed by atoms with Crippen LogP contribution in [0.4, 0.5) is 0 Å². The predicted octanol–water partition coefficient (Wildman–Crippen LogP) is 4.51. The molecule has 4 bridgehead atoms. The van der Waals surface area contributed by atoms with E-state index in [0.29, 0.717) is 11.5 Å². The predicted molar refractivity (Wildman–Crippen MR) is 97.2 cm³/mol. The van der Waals surface area contributed by atoms with Crippen LogP contribution in [0.1, 0.15) is 81.7 Å². The second-order valence-electron chi connectivity index (χ2n) is 9.21. The summed E-state index contributed by atoms with van der Waals surface area (Å²) in [6.45, 7) is 8.04. The van der Waals surface area contributed by atoms with E-state index in [1.807, 2.05) is 20.8 Å². The summed E-state index contributed by atoms with van der Waals surface area (Å²) in [5, 5.41) is 7.48. The van der Waals surface area contributed by atoms with Gasteiger partial charge >= 0.3 is 0 Å². The molecule has 0 aromatic carbocycles. The molecule has 25 heavy (non-hydrogen) atoms. The molecular weight excluding hydrogens is 312 g/mol. The van der Waals surface area contributed by atoms with E-state index in [-0.39, 0.29) is 11.8 Å². The standard InChI is InChI=1S/C21H32N2O2/c1-5-18(21-9-15-6-16(10-21)8-17(7-15)11-21)22-20(24)12(2)19-13(3)23-25-14(19)4/h12,15-18H,5-11H2,1-4H3,(H,22,24)/t12-,15?,16?,17?,18-,21?/m0/s1. The Hall–Kier alpha value is -1.32. The van der Waals surface area contributed by atoms with E-state index in [1.165, 1.54) is 38.5 Å². The number of aromatic nitrogens is 1. The van der Waals surface area contributed by atoms with Gasteiger partial charge in [-0.3, -0.25) is 4.79 Å². The van der Waals surface area contributed by atoms with Gasteiger partial charge in [-0.25, -0.2) is 0 Å². The Balaban J connectivity index is 1.51. The lowest BCUT2D eigenvalue weighted by atomic mass is 9.47. The lowest BCUT2D eigenvalue weighted by molar-refractivity contribution is -0.127. The van der Waals surface area contributed by atoms with Crippen molar-refractivity contribution in [2.45, 2.75) is 84.6 Å². The van der Waals surface area contributed by atoms with Crippen molar-refractivity contribution in [2.24, 2.45) is 23.2 Å². The van der Waals surface area contributed by atoms with Gasteiger partial charge in [0.15, 0.2) is 0 Å². The molecule has 4 heteroatoms. The highest BCUT2D eigenvalue weighted by Crippen LogP contribution is 2.61. The van der Waals surface area contributed by atoms with E-state index in [1.54, 1.807) is 0 Å². The molecule has 4 nitrogen and oxygen atoms in total. The molecule has 0 radical (unpaired) electrons. The van der Waals surface area contributed by atoms with Crippen LogP contribution in [0.25, 0.3) is 0 Å². The third-order valence-corrected chi connectivity index (χ3v) is 7.46.